The fraction of sp³-hybridized carbons (Fsp3) is 0.357. The molecular formula is C14H16N2O4. The van der Waals surface area contributed by atoms with Crippen LogP contribution in [-0.4, -0.2) is 33.3 Å². The molecule has 1 heterocycles. The first-order valence-corrected chi connectivity index (χ1v) is 6.16. The lowest BCUT2D eigenvalue weighted by molar-refractivity contribution is -0.114. The number of aromatic hydroxyl groups is 1. The number of rotatable bonds is 1. The van der Waals surface area contributed by atoms with E-state index in [1.165, 1.54) is 19.1 Å². The van der Waals surface area contributed by atoms with Gasteiger partial charge in [0.15, 0.2) is 0 Å². The van der Waals surface area contributed by atoms with Crippen molar-refractivity contribution in [3.8, 4) is 5.75 Å². The first-order valence-electron chi connectivity index (χ1n) is 6.16. The number of phenolic OH excluding ortho intramolecular Hbond substituents is 1. The Morgan fingerprint density at radius 3 is 2.30 bits per heavy atom. The zero-order chi connectivity index (χ0) is 15.2. The number of imide groups is 1. The second kappa shape index (κ2) is 4.33. The van der Waals surface area contributed by atoms with E-state index in [1.54, 1.807) is 20.8 Å². The third-order valence-electron chi connectivity index (χ3n) is 2.96. The van der Waals surface area contributed by atoms with Crippen LogP contribution >= 0.6 is 0 Å². The number of hydrogen-bond acceptors (Lipinski definition) is 4. The number of nitrogens with one attached hydrogen (secondary N) is 1. The van der Waals surface area contributed by atoms with Crippen molar-refractivity contribution in [1.29, 1.82) is 0 Å². The van der Waals surface area contributed by atoms with Gasteiger partial charge in [0.25, 0.3) is 11.8 Å². The van der Waals surface area contributed by atoms with Crippen molar-refractivity contribution in [1.82, 2.24) is 4.90 Å². The lowest BCUT2D eigenvalue weighted by Crippen LogP contribution is -2.45. The minimum Gasteiger partial charge on any atom is -0.508 e. The summed E-state index contributed by atoms with van der Waals surface area (Å²) in [6, 6.07) is 2.50. The lowest BCUT2D eigenvalue weighted by Gasteiger charge is -2.29. The molecule has 0 aliphatic carbocycles. The van der Waals surface area contributed by atoms with E-state index < -0.39 is 17.4 Å². The maximum absolute atomic E-state index is 12.4. The molecule has 3 amide bonds. The van der Waals surface area contributed by atoms with Crippen LogP contribution < -0.4 is 5.32 Å². The summed E-state index contributed by atoms with van der Waals surface area (Å²) in [7, 11) is 0. The number of amides is 3. The van der Waals surface area contributed by atoms with E-state index in [9.17, 15) is 19.5 Å². The zero-order valence-corrected chi connectivity index (χ0v) is 11.8. The molecule has 0 aromatic heterocycles. The first-order chi connectivity index (χ1) is 9.12. The highest BCUT2D eigenvalue weighted by Gasteiger charge is 2.43. The molecule has 6 heteroatoms. The maximum Gasteiger partial charge on any atom is 0.264 e. The molecule has 0 saturated carbocycles. The van der Waals surface area contributed by atoms with E-state index in [4.69, 9.17) is 0 Å². The molecule has 0 atom stereocenters. The van der Waals surface area contributed by atoms with Crippen molar-refractivity contribution in [2.75, 3.05) is 5.32 Å². The summed E-state index contributed by atoms with van der Waals surface area (Å²) in [6.07, 6.45) is 0. The Labute approximate surface area is 116 Å². The molecule has 106 valence electrons. The molecule has 0 spiro atoms. The van der Waals surface area contributed by atoms with Crippen molar-refractivity contribution in [3.05, 3.63) is 23.3 Å². The second-order valence-corrected chi connectivity index (χ2v) is 5.71. The van der Waals surface area contributed by atoms with Gasteiger partial charge in [0.05, 0.1) is 16.8 Å². The Bertz CT molecular complexity index is 629. The standard InChI is InChI=1S/C14H16N2O4/c1-7(17)15-10-6-8(18)5-9-11(10)13(20)16(12(9)19)14(2,3)4/h5-6,18H,1-4H3,(H,15,17). The average molecular weight is 276 g/mol. The summed E-state index contributed by atoms with van der Waals surface area (Å²) in [6.45, 7) is 6.52. The molecule has 1 aliphatic heterocycles. The molecule has 0 bridgehead atoms. The molecule has 6 nitrogen and oxygen atoms in total. The summed E-state index contributed by atoms with van der Waals surface area (Å²) < 4.78 is 0. The van der Waals surface area contributed by atoms with Crippen LogP contribution in [0.2, 0.25) is 0 Å². The summed E-state index contributed by atoms with van der Waals surface area (Å²) in [5, 5.41) is 12.1. The van der Waals surface area contributed by atoms with Gasteiger partial charge in [-0.3, -0.25) is 19.3 Å². The van der Waals surface area contributed by atoms with E-state index in [0.717, 1.165) is 4.90 Å². The van der Waals surface area contributed by atoms with Crippen LogP contribution in [0, 0.1) is 0 Å². The van der Waals surface area contributed by atoms with Crippen LogP contribution in [0.3, 0.4) is 0 Å². The Kier molecular flexibility index (Phi) is 3.04. The highest BCUT2D eigenvalue weighted by molar-refractivity contribution is 6.25. The monoisotopic (exact) mass is 276 g/mol. The highest BCUT2D eigenvalue weighted by Crippen LogP contribution is 2.36. The molecule has 0 unspecified atom stereocenters. The molecule has 0 fully saturated rings. The van der Waals surface area contributed by atoms with Crippen LogP contribution in [0.1, 0.15) is 48.4 Å². The molecule has 2 N–H and O–H groups in total. The molecule has 0 radical (unpaired) electrons. The summed E-state index contributed by atoms with van der Waals surface area (Å²) in [4.78, 5) is 37.1. The lowest BCUT2D eigenvalue weighted by atomic mass is 10.1. The van der Waals surface area contributed by atoms with Gasteiger partial charge in [-0.2, -0.15) is 0 Å². The normalized spacial score (nSPS) is 14.5. The third kappa shape index (κ3) is 2.13. The third-order valence-corrected chi connectivity index (χ3v) is 2.96. The number of fused-ring (bicyclic) bond motifs is 1. The van der Waals surface area contributed by atoms with Gasteiger partial charge in [-0.15, -0.1) is 0 Å². The van der Waals surface area contributed by atoms with E-state index in [2.05, 4.69) is 5.32 Å². The van der Waals surface area contributed by atoms with E-state index >= 15 is 0 Å². The fourth-order valence-electron chi connectivity index (χ4n) is 2.25. The zero-order valence-electron chi connectivity index (χ0n) is 11.8. The number of hydrogen-bond donors (Lipinski definition) is 2. The number of carbonyl (C=O) groups excluding carboxylic acids is 3. The fourth-order valence-corrected chi connectivity index (χ4v) is 2.25. The minimum atomic E-state index is -0.684. The number of carbonyl (C=O) groups is 3. The maximum atomic E-state index is 12.4. The first kappa shape index (κ1) is 14.0. The van der Waals surface area contributed by atoms with E-state index in [-0.39, 0.29) is 28.5 Å². The Hall–Kier alpha value is -2.37. The van der Waals surface area contributed by atoms with E-state index in [1.807, 2.05) is 0 Å². The van der Waals surface area contributed by atoms with Gasteiger partial charge in [-0.1, -0.05) is 0 Å². The van der Waals surface area contributed by atoms with Crippen molar-refractivity contribution < 1.29 is 19.5 Å². The average Bonchev–Trinajstić information content (AvgIpc) is 2.49. The quantitative estimate of drug-likeness (QED) is 0.765. The number of phenols is 1. The molecule has 20 heavy (non-hydrogen) atoms. The van der Waals surface area contributed by atoms with Gasteiger partial charge < -0.3 is 10.4 Å². The SMILES string of the molecule is CC(=O)Nc1cc(O)cc2c1C(=O)N(C(C)(C)C)C2=O. The number of anilines is 1. The number of nitrogens with zero attached hydrogens (tertiary/aromatic N) is 1. The van der Waals surface area contributed by atoms with Gasteiger partial charge in [0.1, 0.15) is 5.75 Å². The molecule has 0 saturated heterocycles. The van der Waals surface area contributed by atoms with Crippen molar-refractivity contribution >= 4 is 23.4 Å². The van der Waals surface area contributed by atoms with Crippen molar-refractivity contribution in [2.24, 2.45) is 0 Å². The van der Waals surface area contributed by atoms with Crippen LogP contribution in [0.15, 0.2) is 12.1 Å². The van der Waals surface area contributed by atoms with Gasteiger partial charge in [-0.05, 0) is 26.8 Å². The largest absolute Gasteiger partial charge is 0.508 e. The van der Waals surface area contributed by atoms with Gasteiger partial charge in [0, 0.05) is 18.5 Å². The van der Waals surface area contributed by atoms with Crippen LogP contribution in [0.4, 0.5) is 5.69 Å². The van der Waals surface area contributed by atoms with Crippen LogP contribution in [-0.2, 0) is 4.79 Å². The van der Waals surface area contributed by atoms with Gasteiger partial charge in [0.2, 0.25) is 5.91 Å². The number of benzene rings is 1. The van der Waals surface area contributed by atoms with Gasteiger partial charge >= 0.3 is 0 Å². The summed E-state index contributed by atoms with van der Waals surface area (Å²) in [5.74, 6) is -1.50. The predicted molar refractivity (Wildman–Crippen MR) is 72.7 cm³/mol. The van der Waals surface area contributed by atoms with Crippen molar-refractivity contribution in [2.45, 2.75) is 33.2 Å². The topological polar surface area (TPSA) is 86.7 Å². The van der Waals surface area contributed by atoms with E-state index in [0.29, 0.717) is 0 Å². The van der Waals surface area contributed by atoms with Gasteiger partial charge in [-0.25, -0.2) is 0 Å². The van der Waals surface area contributed by atoms with Crippen molar-refractivity contribution in [3.63, 3.8) is 0 Å². The molecule has 1 aromatic rings. The van der Waals surface area contributed by atoms with Crippen LogP contribution in [0.5, 0.6) is 5.75 Å². The summed E-state index contributed by atoms with van der Waals surface area (Å²) in [5.41, 5.74) is -0.305. The smallest absolute Gasteiger partial charge is 0.264 e. The van der Waals surface area contributed by atoms with Crippen LogP contribution in [0.25, 0.3) is 0 Å². The molecule has 1 aliphatic rings. The Morgan fingerprint density at radius 1 is 1.20 bits per heavy atom. The predicted octanol–water partition coefficient (Wildman–Crippen LogP) is 1.75. The Balaban J connectivity index is 2.63. The molecule has 1 aromatic carbocycles. The molecular weight excluding hydrogens is 260 g/mol. The molecule has 2 rings (SSSR count). The minimum absolute atomic E-state index is 0.105. The highest BCUT2D eigenvalue weighted by atomic mass is 16.3. The summed E-state index contributed by atoms with van der Waals surface area (Å²) >= 11 is 0. The Morgan fingerprint density at radius 2 is 1.80 bits per heavy atom. The second-order valence-electron chi connectivity index (χ2n) is 5.71.